The molecule has 5 nitrogen and oxygen atoms in total. The van der Waals surface area contributed by atoms with Crippen LogP contribution in [0.3, 0.4) is 0 Å². The minimum Gasteiger partial charge on any atom is -0.369 e. The zero-order chi connectivity index (χ0) is 19.3. The Morgan fingerprint density at radius 1 is 1.00 bits per heavy atom. The SMILES string of the molecule is CNCC(c1[nH]c(-c2ccccc2)nc1Br)N1CCN(c2ccccc2)CC1. The lowest BCUT2D eigenvalue weighted by Crippen LogP contribution is -2.49. The van der Waals surface area contributed by atoms with Crippen molar-refractivity contribution >= 4 is 21.6 Å². The van der Waals surface area contributed by atoms with Crippen LogP contribution in [-0.2, 0) is 0 Å². The van der Waals surface area contributed by atoms with Crippen LogP contribution in [0.5, 0.6) is 0 Å². The molecule has 1 aromatic heterocycles. The number of likely N-dealkylation sites (N-methyl/N-ethyl adjacent to an activating group) is 1. The van der Waals surface area contributed by atoms with E-state index in [4.69, 9.17) is 4.98 Å². The highest BCUT2D eigenvalue weighted by atomic mass is 79.9. The molecule has 1 unspecified atom stereocenters. The summed E-state index contributed by atoms with van der Waals surface area (Å²) in [4.78, 5) is 13.3. The van der Waals surface area contributed by atoms with Crippen molar-refractivity contribution in [2.24, 2.45) is 0 Å². The molecule has 2 N–H and O–H groups in total. The molecule has 146 valence electrons. The maximum absolute atomic E-state index is 4.74. The Morgan fingerprint density at radius 2 is 1.64 bits per heavy atom. The molecule has 0 spiro atoms. The van der Waals surface area contributed by atoms with Gasteiger partial charge in [0.15, 0.2) is 0 Å². The molecular formula is C22H26BrN5. The summed E-state index contributed by atoms with van der Waals surface area (Å²) in [6, 6.07) is 21.2. The average Bonchev–Trinajstić information content (AvgIpc) is 3.15. The number of benzene rings is 2. The molecule has 0 aliphatic carbocycles. The van der Waals surface area contributed by atoms with Crippen molar-refractivity contribution in [1.29, 1.82) is 0 Å². The van der Waals surface area contributed by atoms with Gasteiger partial charge in [0.25, 0.3) is 0 Å². The minimum atomic E-state index is 0.252. The Hall–Kier alpha value is -2.15. The first kappa shape index (κ1) is 19.2. The third-order valence-corrected chi connectivity index (χ3v) is 5.94. The van der Waals surface area contributed by atoms with Crippen molar-refractivity contribution < 1.29 is 0 Å². The number of nitrogens with one attached hydrogen (secondary N) is 2. The lowest BCUT2D eigenvalue weighted by molar-refractivity contribution is 0.180. The molecule has 2 heterocycles. The molecule has 1 atom stereocenters. The van der Waals surface area contributed by atoms with Gasteiger partial charge in [0, 0.05) is 44.0 Å². The second-order valence-corrected chi connectivity index (χ2v) is 7.84. The summed E-state index contributed by atoms with van der Waals surface area (Å²) in [6.07, 6.45) is 0. The number of hydrogen-bond acceptors (Lipinski definition) is 4. The molecule has 0 amide bonds. The Labute approximate surface area is 174 Å². The van der Waals surface area contributed by atoms with Crippen molar-refractivity contribution in [2.75, 3.05) is 44.7 Å². The molecule has 1 aliphatic heterocycles. The largest absolute Gasteiger partial charge is 0.369 e. The van der Waals surface area contributed by atoms with E-state index in [1.54, 1.807) is 0 Å². The highest BCUT2D eigenvalue weighted by molar-refractivity contribution is 9.10. The summed E-state index contributed by atoms with van der Waals surface area (Å²) in [5, 5.41) is 3.36. The topological polar surface area (TPSA) is 47.2 Å². The van der Waals surface area contributed by atoms with E-state index in [0.717, 1.165) is 54.4 Å². The van der Waals surface area contributed by atoms with Crippen molar-refractivity contribution in [1.82, 2.24) is 20.2 Å². The fourth-order valence-corrected chi connectivity index (χ4v) is 4.40. The van der Waals surface area contributed by atoms with E-state index in [1.165, 1.54) is 5.69 Å². The molecule has 0 saturated carbocycles. The van der Waals surface area contributed by atoms with Gasteiger partial charge in [0.2, 0.25) is 0 Å². The van der Waals surface area contributed by atoms with Crippen LogP contribution in [0.1, 0.15) is 11.7 Å². The van der Waals surface area contributed by atoms with Gasteiger partial charge < -0.3 is 15.2 Å². The maximum atomic E-state index is 4.74. The zero-order valence-corrected chi connectivity index (χ0v) is 17.7. The lowest BCUT2D eigenvalue weighted by Gasteiger charge is -2.40. The molecule has 4 rings (SSSR count). The highest BCUT2D eigenvalue weighted by Crippen LogP contribution is 2.30. The van der Waals surface area contributed by atoms with E-state index in [2.05, 4.69) is 78.5 Å². The predicted molar refractivity (Wildman–Crippen MR) is 119 cm³/mol. The summed E-state index contributed by atoms with van der Waals surface area (Å²) in [7, 11) is 2.01. The van der Waals surface area contributed by atoms with E-state index in [1.807, 2.05) is 25.2 Å². The molecule has 0 radical (unpaired) electrons. The standard InChI is InChI=1S/C22H26BrN5/c1-24-16-19(20-21(23)26-22(25-20)17-8-4-2-5-9-17)28-14-12-27(13-15-28)18-10-6-3-7-11-18/h2-11,19,24H,12-16H2,1H3,(H,25,26). The first-order chi connectivity index (χ1) is 13.8. The van der Waals surface area contributed by atoms with Gasteiger partial charge in [-0.3, -0.25) is 4.90 Å². The van der Waals surface area contributed by atoms with Crippen LogP contribution in [0.4, 0.5) is 5.69 Å². The van der Waals surface area contributed by atoms with Gasteiger partial charge in [0.05, 0.1) is 11.7 Å². The Bertz CT molecular complexity index is 872. The number of halogens is 1. The number of para-hydroxylation sites is 1. The van der Waals surface area contributed by atoms with E-state index in [0.29, 0.717) is 0 Å². The summed E-state index contributed by atoms with van der Waals surface area (Å²) < 4.78 is 0.900. The van der Waals surface area contributed by atoms with Crippen LogP contribution >= 0.6 is 15.9 Å². The van der Waals surface area contributed by atoms with Crippen molar-refractivity contribution in [3.63, 3.8) is 0 Å². The van der Waals surface area contributed by atoms with Gasteiger partial charge in [-0.25, -0.2) is 4.98 Å². The molecular weight excluding hydrogens is 414 g/mol. The quantitative estimate of drug-likeness (QED) is 0.610. The first-order valence-corrected chi connectivity index (χ1v) is 10.5. The second kappa shape index (κ2) is 8.90. The van der Waals surface area contributed by atoms with Crippen LogP contribution in [0.25, 0.3) is 11.4 Å². The van der Waals surface area contributed by atoms with E-state index in [9.17, 15) is 0 Å². The Kier molecular flexibility index (Phi) is 6.10. The van der Waals surface area contributed by atoms with Crippen LogP contribution in [0.2, 0.25) is 0 Å². The molecule has 1 fully saturated rings. The minimum absolute atomic E-state index is 0.252. The van der Waals surface area contributed by atoms with Gasteiger partial charge in [-0.2, -0.15) is 0 Å². The van der Waals surface area contributed by atoms with Gasteiger partial charge in [-0.15, -0.1) is 0 Å². The van der Waals surface area contributed by atoms with Gasteiger partial charge in [-0.1, -0.05) is 48.5 Å². The lowest BCUT2D eigenvalue weighted by atomic mass is 10.1. The number of H-pyrrole nitrogens is 1. The molecule has 28 heavy (non-hydrogen) atoms. The number of imidazole rings is 1. The highest BCUT2D eigenvalue weighted by Gasteiger charge is 2.28. The number of nitrogens with zero attached hydrogens (tertiary/aromatic N) is 3. The molecule has 1 saturated heterocycles. The number of hydrogen-bond donors (Lipinski definition) is 2. The van der Waals surface area contributed by atoms with Gasteiger partial charge >= 0.3 is 0 Å². The summed E-state index contributed by atoms with van der Waals surface area (Å²) in [5.41, 5.74) is 3.55. The molecule has 3 aromatic rings. The number of anilines is 1. The Balaban J connectivity index is 1.51. The number of rotatable bonds is 6. The fourth-order valence-electron chi connectivity index (χ4n) is 3.86. The van der Waals surface area contributed by atoms with Crippen molar-refractivity contribution in [3.05, 3.63) is 71.0 Å². The molecule has 6 heteroatoms. The smallest absolute Gasteiger partial charge is 0.138 e. The summed E-state index contributed by atoms with van der Waals surface area (Å²) in [6.45, 7) is 4.98. The molecule has 1 aliphatic rings. The number of aromatic nitrogens is 2. The maximum Gasteiger partial charge on any atom is 0.138 e. The first-order valence-electron chi connectivity index (χ1n) is 9.75. The number of aromatic amines is 1. The van der Waals surface area contributed by atoms with Gasteiger partial charge in [0.1, 0.15) is 10.4 Å². The fraction of sp³-hybridized carbons (Fsp3) is 0.318. The molecule has 2 aromatic carbocycles. The summed E-state index contributed by atoms with van der Waals surface area (Å²) in [5.74, 6) is 0.909. The van der Waals surface area contributed by atoms with Crippen LogP contribution < -0.4 is 10.2 Å². The van der Waals surface area contributed by atoms with Crippen LogP contribution in [0.15, 0.2) is 65.3 Å². The average molecular weight is 440 g/mol. The monoisotopic (exact) mass is 439 g/mol. The van der Waals surface area contributed by atoms with E-state index < -0.39 is 0 Å². The third kappa shape index (κ3) is 4.14. The van der Waals surface area contributed by atoms with E-state index in [-0.39, 0.29) is 6.04 Å². The normalized spacial score (nSPS) is 16.3. The summed E-state index contributed by atoms with van der Waals surface area (Å²) >= 11 is 3.69. The Morgan fingerprint density at radius 3 is 2.29 bits per heavy atom. The number of piperazine rings is 1. The molecule has 0 bridgehead atoms. The van der Waals surface area contributed by atoms with Crippen molar-refractivity contribution in [3.8, 4) is 11.4 Å². The predicted octanol–water partition coefficient (Wildman–Crippen LogP) is 3.92. The third-order valence-electron chi connectivity index (χ3n) is 5.34. The zero-order valence-electron chi connectivity index (χ0n) is 16.1. The van der Waals surface area contributed by atoms with E-state index >= 15 is 0 Å². The van der Waals surface area contributed by atoms with Gasteiger partial charge in [-0.05, 0) is 35.1 Å². The van der Waals surface area contributed by atoms with Crippen molar-refractivity contribution in [2.45, 2.75) is 6.04 Å². The second-order valence-electron chi connectivity index (χ2n) is 7.09. The van der Waals surface area contributed by atoms with Crippen LogP contribution in [-0.4, -0.2) is 54.6 Å². The van der Waals surface area contributed by atoms with Crippen LogP contribution in [0, 0.1) is 0 Å².